The minimum atomic E-state index is -1.82. The van der Waals surface area contributed by atoms with Crippen molar-refractivity contribution in [3.63, 3.8) is 0 Å². The van der Waals surface area contributed by atoms with Gasteiger partial charge in [-0.3, -0.25) is 0 Å². The monoisotopic (exact) mass is 419 g/mol. The summed E-state index contributed by atoms with van der Waals surface area (Å²) in [6, 6.07) is 19.4. The van der Waals surface area contributed by atoms with Crippen LogP contribution in [0, 0.1) is 0 Å². The second-order valence-electron chi connectivity index (χ2n) is 7.23. The molecule has 0 amide bonds. The molecule has 0 spiro atoms. The first-order chi connectivity index (χ1) is 14.7. The Morgan fingerprint density at radius 1 is 0.742 bits per heavy atom. The minimum absolute atomic E-state index is 1.21. The first-order valence-corrected chi connectivity index (χ1v) is 9.64. The number of nitrogens with zero attached hydrogens (tertiary/aromatic N) is 2. The Labute approximate surface area is 182 Å². The van der Waals surface area contributed by atoms with Crippen molar-refractivity contribution in [2.45, 2.75) is 0 Å². The molecule has 0 aromatic heterocycles. The highest BCUT2D eigenvalue weighted by atomic mass is 16.4. The zero-order chi connectivity index (χ0) is 23.0. The van der Waals surface area contributed by atoms with Crippen molar-refractivity contribution >= 4 is 28.9 Å². The third-order valence-corrected chi connectivity index (χ3v) is 4.59. The summed E-state index contributed by atoms with van der Waals surface area (Å²) in [6.07, 6.45) is 8.76. The fourth-order valence-electron chi connectivity index (χ4n) is 2.96. The van der Waals surface area contributed by atoms with E-state index in [4.69, 9.17) is 19.8 Å². The fraction of sp³-hybridized carbons (Fsp3) is 0.160. The van der Waals surface area contributed by atoms with Gasteiger partial charge in [-0.1, -0.05) is 42.5 Å². The van der Waals surface area contributed by atoms with Gasteiger partial charge in [-0.2, -0.15) is 0 Å². The van der Waals surface area contributed by atoms with E-state index in [9.17, 15) is 0 Å². The van der Waals surface area contributed by atoms with Gasteiger partial charge in [0, 0.05) is 31.9 Å². The molecule has 0 heterocycles. The largest absolute Gasteiger partial charge is 0.473 e. The lowest BCUT2D eigenvalue weighted by Crippen LogP contribution is -2.10. The summed E-state index contributed by atoms with van der Waals surface area (Å²) in [7, 11) is 8.27. The molecule has 0 fully saturated rings. The second-order valence-corrected chi connectivity index (χ2v) is 7.23. The van der Waals surface area contributed by atoms with Crippen molar-refractivity contribution in [3.05, 3.63) is 95.6 Å². The van der Waals surface area contributed by atoms with Crippen LogP contribution in [0.25, 0.3) is 5.57 Å². The van der Waals surface area contributed by atoms with Gasteiger partial charge in [0.2, 0.25) is 0 Å². The molecule has 1 aliphatic carbocycles. The Hall–Kier alpha value is -3.93. The van der Waals surface area contributed by atoms with Crippen molar-refractivity contribution in [1.82, 2.24) is 0 Å². The van der Waals surface area contributed by atoms with E-state index >= 15 is 0 Å². The molecule has 1 aliphatic rings. The number of carboxylic acid groups (broad SMARTS) is 2. The summed E-state index contributed by atoms with van der Waals surface area (Å²) in [5, 5.41) is 14.8. The third-order valence-electron chi connectivity index (χ3n) is 4.59. The van der Waals surface area contributed by atoms with E-state index in [1.807, 2.05) is 0 Å². The summed E-state index contributed by atoms with van der Waals surface area (Å²) in [5.41, 5.74) is 7.37. The summed E-state index contributed by atoms with van der Waals surface area (Å²) in [6.45, 7) is 0. The Morgan fingerprint density at radius 2 is 1.23 bits per heavy atom. The normalized spacial score (nSPS) is 12.0. The van der Waals surface area contributed by atoms with Crippen molar-refractivity contribution in [3.8, 4) is 0 Å². The molecule has 6 heteroatoms. The predicted molar refractivity (Wildman–Crippen MR) is 124 cm³/mol. The number of anilines is 1. The zero-order valence-electron chi connectivity index (χ0n) is 18.1. The molecule has 6 nitrogen and oxygen atoms in total. The number of rotatable bonds is 3. The smallest absolute Gasteiger partial charge is 0.414 e. The third kappa shape index (κ3) is 6.54. The number of carbonyl (C=O) groups is 2. The van der Waals surface area contributed by atoms with Crippen LogP contribution in [0.15, 0.2) is 84.5 Å². The molecule has 0 radical (unpaired) electrons. The van der Waals surface area contributed by atoms with Gasteiger partial charge in [-0.25, -0.2) is 14.2 Å². The quantitative estimate of drug-likeness (QED) is 0.587. The van der Waals surface area contributed by atoms with Crippen LogP contribution in [0.2, 0.25) is 0 Å². The molecule has 31 heavy (non-hydrogen) atoms. The van der Waals surface area contributed by atoms with Crippen LogP contribution in [-0.4, -0.2) is 60.6 Å². The Bertz CT molecular complexity index is 1030. The van der Waals surface area contributed by atoms with Gasteiger partial charge in [-0.05, 0) is 46.6 Å². The van der Waals surface area contributed by atoms with E-state index < -0.39 is 11.9 Å². The first kappa shape index (κ1) is 23.3. The van der Waals surface area contributed by atoms with Gasteiger partial charge in [0.1, 0.15) is 14.1 Å². The molecule has 2 aromatic rings. The van der Waals surface area contributed by atoms with Gasteiger partial charge in [0.05, 0.1) is 0 Å². The van der Waals surface area contributed by atoms with Gasteiger partial charge in [-0.15, -0.1) is 0 Å². The Balaban J connectivity index is 0.000000501. The van der Waals surface area contributed by atoms with E-state index in [1.54, 1.807) is 0 Å². The standard InChI is InChI=1S/C23H25N2.C2H2O4/c1-24(2)21-14-10-19(11-15-21)23(18-8-6-5-7-9-18)20-12-16-22(17-13-20)25(3)4;3-1(4)2(5)6/h5-17H,1-4H3;(H,3,4)(H,5,6)/q+1;. The average Bonchev–Trinajstić information content (AvgIpc) is 2.76. The maximum absolute atomic E-state index is 9.10. The molecule has 0 unspecified atom stereocenters. The summed E-state index contributed by atoms with van der Waals surface area (Å²) >= 11 is 0. The number of aliphatic carboxylic acids is 2. The molecule has 0 aliphatic heterocycles. The van der Waals surface area contributed by atoms with Crippen molar-refractivity contribution in [2.24, 2.45) is 0 Å². The minimum Gasteiger partial charge on any atom is -0.473 e. The highest BCUT2D eigenvalue weighted by Crippen LogP contribution is 2.30. The second kappa shape index (κ2) is 10.7. The van der Waals surface area contributed by atoms with E-state index in [-0.39, 0.29) is 0 Å². The van der Waals surface area contributed by atoms with E-state index in [0.717, 1.165) is 0 Å². The Kier molecular flexibility index (Phi) is 8.09. The van der Waals surface area contributed by atoms with Gasteiger partial charge in [0.25, 0.3) is 0 Å². The lowest BCUT2D eigenvalue weighted by molar-refractivity contribution is -0.462. The molecule has 2 N–H and O–H groups in total. The van der Waals surface area contributed by atoms with Crippen molar-refractivity contribution in [1.29, 1.82) is 0 Å². The predicted octanol–water partition coefficient (Wildman–Crippen LogP) is 3.55. The highest BCUT2D eigenvalue weighted by molar-refractivity contribution is 6.27. The molecule has 160 valence electrons. The van der Waals surface area contributed by atoms with Gasteiger partial charge >= 0.3 is 11.9 Å². The summed E-state index contributed by atoms with van der Waals surface area (Å²) in [5.74, 6) is -3.65. The van der Waals surface area contributed by atoms with Crippen molar-refractivity contribution < 1.29 is 24.4 Å². The molecule has 0 atom stereocenters. The molecule has 2 aromatic carbocycles. The van der Waals surface area contributed by atoms with Crippen LogP contribution in [0.3, 0.4) is 0 Å². The maximum atomic E-state index is 9.10. The van der Waals surface area contributed by atoms with Crippen LogP contribution < -0.4 is 4.90 Å². The van der Waals surface area contributed by atoms with Crippen molar-refractivity contribution in [2.75, 3.05) is 33.1 Å². The lowest BCUT2D eigenvalue weighted by Gasteiger charge is -2.16. The van der Waals surface area contributed by atoms with Crippen LogP contribution in [0.5, 0.6) is 0 Å². The van der Waals surface area contributed by atoms with E-state index in [2.05, 4.69) is 117 Å². The molecule has 0 bridgehead atoms. The van der Waals surface area contributed by atoms with E-state index in [0.29, 0.717) is 0 Å². The van der Waals surface area contributed by atoms with Gasteiger partial charge < -0.3 is 15.1 Å². The number of allylic oxidation sites excluding steroid dienone is 5. The highest BCUT2D eigenvalue weighted by Gasteiger charge is 2.13. The number of hydrogen-bond donors (Lipinski definition) is 2. The average molecular weight is 420 g/mol. The number of benzene rings is 2. The SMILES string of the molecule is CN(C)c1ccc(C(=C2C=CC(=[N+](C)C)C=C2)c2ccccc2)cc1.O=C(O)C(=O)O. The fourth-order valence-corrected chi connectivity index (χ4v) is 2.96. The molecular weight excluding hydrogens is 392 g/mol. The number of carboxylic acids is 2. The summed E-state index contributed by atoms with van der Waals surface area (Å²) in [4.78, 5) is 20.3. The molecule has 3 rings (SSSR count). The van der Waals surface area contributed by atoms with Crippen LogP contribution in [0.1, 0.15) is 11.1 Å². The molecule has 0 saturated heterocycles. The lowest BCUT2D eigenvalue weighted by atomic mass is 9.90. The molecule has 0 saturated carbocycles. The maximum Gasteiger partial charge on any atom is 0.414 e. The van der Waals surface area contributed by atoms with Crippen LogP contribution >= 0.6 is 0 Å². The first-order valence-electron chi connectivity index (χ1n) is 9.64. The summed E-state index contributed by atoms with van der Waals surface area (Å²) < 4.78 is 2.12. The number of hydrogen-bond acceptors (Lipinski definition) is 3. The Morgan fingerprint density at radius 3 is 1.65 bits per heavy atom. The zero-order valence-corrected chi connectivity index (χ0v) is 18.1. The van der Waals surface area contributed by atoms with Gasteiger partial charge in [0.15, 0.2) is 5.71 Å². The topological polar surface area (TPSA) is 80.8 Å². The van der Waals surface area contributed by atoms with Crippen LogP contribution in [0.4, 0.5) is 5.69 Å². The molecular formula is C25H27N2O4+. The van der Waals surface area contributed by atoms with Crippen LogP contribution in [-0.2, 0) is 9.59 Å². The van der Waals surface area contributed by atoms with E-state index in [1.165, 1.54) is 33.7 Å².